The number of halogens is 5. The summed E-state index contributed by atoms with van der Waals surface area (Å²) in [7, 11) is -0.194. The number of hydrogen-bond acceptors (Lipinski definition) is 5. The highest BCUT2D eigenvalue weighted by Crippen LogP contribution is 2.36. The number of carbonyl (C=O) groups is 1. The molecule has 0 aliphatic heterocycles. The highest BCUT2D eigenvalue weighted by molar-refractivity contribution is 6.76. The van der Waals surface area contributed by atoms with E-state index in [-0.39, 0.29) is 45.5 Å². The number of amides is 1. The number of aromatic nitrogens is 3. The average molecular weight is 561 g/mol. The lowest BCUT2D eigenvalue weighted by Crippen LogP contribution is -2.24. The molecule has 13 heteroatoms. The Kier molecular flexibility index (Phi) is 8.86. The smallest absolute Gasteiger partial charge is 0.393 e. The Morgan fingerprint density at radius 2 is 1.92 bits per heavy atom. The molecule has 0 bridgehead atoms. The minimum Gasteiger partial charge on any atom is -0.494 e. The first-order valence-electron chi connectivity index (χ1n) is 11.6. The molecule has 0 aliphatic rings. The first-order valence-corrected chi connectivity index (χ1v) is 15.7. The second-order valence-corrected chi connectivity index (χ2v) is 15.7. The highest BCUT2D eigenvalue weighted by Gasteiger charge is 2.31. The lowest BCUT2D eigenvalue weighted by molar-refractivity contribution is -0.127. The minimum absolute atomic E-state index is 0.00567. The van der Waals surface area contributed by atoms with Gasteiger partial charge in [0.15, 0.2) is 17.3 Å². The van der Waals surface area contributed by atoms with Crippen LogP contribution in [-0.4, -0.2) is 55.2 Å². The number of benzene rings is 1. The number of pyridine rings is 1. The van der Waals surface area contributed by atoms with Crippen LogP contribution < -0.4 is 10.1 Å². The van der Waals surface area contributed by atoms with Gasteiger partial charge in [0, 0.05) is 26.8 Å². The lowest BCUT2D eigenvalue weighted by Gasteiger charge is -2.16. The molecule has 0 radical (unpaired) electrons. The molecule has 2 heterocycles. The first-order chi connectivity index (χ1) is 17.2. The Balaban J connectivity index is 2.16. The van der Waals surface area contributed by atoms with Crippen LogP contribution >= 0.6 is 11.6 Å². The zero-order valence-electron chi connectivity index (χ0n) is 21.2. The van der Waals surface area contributed by atoms with Crippen molar-refractivity contribution in [2.75, 3.05) is 20.3 Å². The minimum atomic E-state index is -4.57. The number of alkyl halides is 3. The van der Waals surface area contributed by atoms with Crippen LogP contribution in [0.3, 0.4) is 0 Å². The molecule has 3 rings (SSSR count). The van der Waals surface area contributed by atoms with E-state index in [1.54, 1.807) is 6.92 Å². The molecule has 0 unspecified atom stereocenters. The molecule has 0 atom stereocenters. The van der Waals surface area contributed by atoms with Crippen molar-refractivity contribution in [1.82, 2.24) is 20.1 Å². The molecular formula is C24H29ClF4N4O3Si. The summed E-state index contributed by atoms with van der Waals surface area (Å²) in [6.07, 6.45) is -5.90. The fourth-order valence-electron chi connectivity index (χ4n) is 3.67. The summed E-state index contributed by atoms with van der Waals surface area (Å²) in [5.41, 5.74) is -0.0324. The Hall–Kier alpha value is -2.70. The number of rotatable bonds is 10. The third-order valence-corrected chi connectivity index (χ3v) is 7.47. The van der Waals surface area contributed by atoms with Crippen LogP contribution in [0.1, 0.15) is 23.0 Å². The maximum Gasteiger partial charge on any atom is 0.393 e. The molecule has 1 amide bonds. The summed E-state index contributed by atoms with van der Waals surface area (Å²) < 4.78 is 66.7. The topological polar surface area (TPSA) is 78.3 Å². The molecule has 0 saturated carbocycles. The average Bonchev–Trinajstić information content (AvgIpc) is 3.15. The maximum absolute atomic E-state index is 14.6. The Morgan fingerprint density at radius 1 is 1.22 bits per heavy atom. The van der Waals surface area contributed by atoms with Crippen LogP contribution in [0.25, 0.3) is 22.2 Å². The van der Waals surface area contributed by atoms with Crippen LogP contribution in [0, 0.1) is 5.82 Å². The third-order valence-electron chi connectivity index (χ3n) is 5.50. The Labute approximate surface area is 218 Å². The van der Waals surface area contributed by atoms with Crippen LogP contribution in [-0.2, 0) is 17.9 Å². The van der Waals surface area contributed by atoms with Gasteiger partial charge in [0.05, 0.1) is 30.1 Å². The first kappa shape index (κ1) is 28.9. The van der Waals surface area contributed by atoms with E-state index >= 15 is 0 Å². The standard InChI is InChI=1S/C24H29ClF4N4O3Si/c1-6-30-23(34)21-20-18(33(32-21)13-36-7-8-37(3,4)5)11-17(31-22(20)25)15-10-16(26)19(35-2)9-14(15)12-24(27,28)29/h9-11H,6-8,12-13H2,1-5H3,(H,30,34). The van der Waals surface area contributed by atoms with Gasteiger partial charge in [-0.1, -0.05) is 31.2 Å². The van der Waals surface area contributed by atoms with Gasteiger partial charge in [-0.3, -0.25) is 4.79 Å². The molecule has 1 N–H and O–H groups in total. The van der Waals surface area contributed by atoms with E-state index in [1.165, 1.54) is 17.9 Å². The van der Waals surface area contributed by atoms with Gasteiger partial charge in [-0.05, 0) is 36.7 Å². The Bertz CT molecular complexity index is 1290. The molecule has 37 heavy (non-hydrogen) atoms. The number of fused-ring (bicyclic) bond motifs is 1. The molecular weight excluding hydrogens is 532 g/mol. The Morgan fingerprint density at radius 3 is 2.51 bits per heavy atom. The van der Waals surface area contributed by atoms with Crippen molar-refractivity contribution in [3.8, 4) is 17.0 Å². The monoisotopic (exact) mass is 560 g/mol. The third kappa shape index (κ3) is 7.20. The lowest BCUT2D eigenvalue weighted by atomic mass is 9.99. The molecule has 0 saturated heterocycles. The summed E-state index contributed by atoms with van der Waals surface area (Å²) >= 11 is 6.46. The number of methoxy groups -OCH3 is 1. The SMILES string of the molecule is CCNC(=O)c1nn(COCC[Si](C)(C)C)c2cc(-c3cc(F)c(OC)cc3CC(F)(F)F)nc(Cl)c12. The van der Waals surface area contributed by atoms with Crippen molar-refractivity contribution < 1.29 is 31.8 Å². The van der Waals surface area contributed by atoms with E-state index in [4.69, 9.17) is 21.1 Å². The highest BCUT2D eigenvalue weighted by atomic mass is 35.5. The van der Waals surface area contributed by atoms with Gasteiger partial charge in [0.25, 0.3) is 5.91 Å². The van der Waals surface area contributed by atoms with E-state index in [0.29, 0.717) is 18.7 Å². The predicted octanol–water partition coefficient (Wildman–Crippen LogP) is 6.07. The number of hydrogen-bond donors (Lipinski definition) is 1. The zero-order chi connectivity index (χ0) is 27.5. The fraction of sp³-hybridized carbons (Fsp3) is 0.458. The molecule has 1 aromatic carbocycles. The van der Waals surface area contributed by atoms with Crippen molar-refractivity contribution in [3.05, 3.63) is 40.4 Å². The number of nitrogens with zero attached hydrogens (tertiary/aromatic N) is 3. The largest absolute Gasteiger partial charge is 0.494 e. The molecule has 0 spiro atoms. The van der Waals surface area contributed by atoms with Gasteiger partial charge in [0.1, 0.15) is 11.9 Å². The van der Waals surface area contributed by atoms with Gasteiger partial charge in [-0.2, -0.15) is 18.3 Å². The normalized spacial score (nSPS) is 12.3. The van der Waals surface area contributed by atoms with Gasteiger partial charge in [0.2, 0.25) is 0 Å². The zero-order valence-corrected chi connectivity index (χ0v) is 23.0. The van der Waals surface area contributed by atoms with Crippen LogP contribution in [0.4, 0.5) is 17.6 Å². The van der Waals surface area contributed by atoms with Crippen molar-refractivity contribution in [3.63, 3.8) is 0 Å². The van der Waals surface area contributed by atoms with E-state index in [0.717, 1.165) is 18.2 Å². The predicted molar refractivity (Wildman–Crippen MR) is 136 cm³/mol. The molecule has 3 aromatic rings. The summed E-state index contributed by atoms with van der Waals surface area (Å²) in [5, 5.41) is 7.08. The van der Waals surface area contributed by atoms with Gasteiger partial charge >= 0.3 is 6.18 Å². The van der Waals surface area contributed by atoms with E-state index in [9.17, 15) is 22.4 Å². The summed E-state index contributed by atoms with van der Waals surface area (Å²) in [4.78, 5) is 16.9. The van der Waals surface area contributed by atoms with Gasteiger partial charge < -0.3 is 14.8 Å². The van der Waals surface area contributed by atoms with E-state index in [1.807, 2.05) is 0 Å². The van der Waals surface area contributed by atoms with Crippen molar-refractivity contribution >= 4 is 36.5 Å². The second kappa shape index (κ2) is 11.4. The van der Waals surface area contributed by atoms with Crippen molar-refractivity contribution in [2.45, 2.75) is 51.9 Å². The van der Waals surface area contributed by atoms with Crippen LogP contribution in [0.15, 0.2) is 18.2 Å². The van der Waals surface area contributed by atoms with Crippen molar-refractivity contribution in [2.24, 2.45) is 0 Å². The van der Waals surface area contributed by atoms with E-state index < -0.39 is 32.4 Å². The maximum atomic E-state index is 14.6. The molecule has 7 nitrogen and oxygen atoms in total. The summed E-state index contributed by atoms with van der Waals surface area (Å²) in [6, 6.07) is 4.25. The molecule has 0 aliphatic carbocycles. The number of ether oxygens (including phenoxy) is 2. The van der Waals surface area contributed by atoms with E-state index in [2.05, 4.69) is 35.0 Å². The number of nitrogens with one attached hydrogen (secondary N) is 1. The molecule has 2 aromatic heterocycles. The second-order valence-electron chi connectivity index (χ2n) is 9.68. The quantitative estimate of drug-likeness (QED) is 0.141. The summed E-state index contributed by atoms with van der Waals surface area (Å²) in [6.45, 7) is 9.15. The number of carbonyl (C=O) groups excluding carboxylic acids is 1. The summed E-state index contributed by atoms with van der Waals surface area (Å²) in [5.74, 6) is -1.67. The molecule has 202 valence electrons. The van der Waals surface area contributed by atoms with Crippen molar-refractivity contribution in [1.29, 1.82) is 0 Å². The van der Waals surface area contributed by atoms with Crippen LogP contribution in [0.2, 0.25) is 30.8 Å². The van der Waals surface area contributed by atoms with Gasteiger partial charge in [-0.25, -0.2) is 14.1 Å². The fourth-order valence-corrected chi connectivity index (χ4v) is 4.70. The molecule has 0 fully saturated rings. The van der Waals surface area contributed by atoms with Crippen LogP contribution in [0.5, 0.6) is 5.75 Å². The van der Waals surface area contributed by atoms with Gasteiger partial charge in [-0.15, -0.1) is 0 Å².